The largest absolute Gasteiger partial charge is 0.356 e. The number of aryl methyl sites for hydroxylation is 2. The van der Waals surface area contributed by atoms with Gasteiger partial charge in [0.1, 0.15) is 12.4 Å². The van der Waals surface area contributed by atoms with Gasteiger partial charge >= 0.3 is 0 Å². The Balaban J connectivity index is 0.00000336. The first-order chi connectivity index (χ1) is 19.1. The predicted molar refractivity (Wildman–Crippen MR) is 166 cm³/mol. The summed E-state index contributed by atoms with van der Waals surface area (Å²) in [5, 5.41) is 14.8. The van der Waals surface area contributed by atoms with Crippen LogP contribution in [0.4, 0.5) is 0 Å². The molecule has 0 radical (unpaired) electrons. The molecule has 230 valence electrons. The lowest BCUT2D eigenvalue weighted by molar-refractivity contribution is -0.696. The zero-order valence-electron chi connectivity index (χ0n) is 26.1. The van der Waals surface area contributed by atoms with Gasteiger partial charge < -0.3 is 15.3 Å². The first-order valence-corrected chi connectivity index (χ1v) is 17.0. The summed E-state index contributed by atoms with van der Waals surface area (Å²) in [5.74, 6) is 0. The second-order valence-corrected chi connectivity index (χ2v) is 11.6. The lowest BCUT2D eigenvalue weighted by atomic mass is 10.0. The van der Waals surface area contributed by atoms with E-state index in [-0.39, 0.29) is 0 Å². The van der Waals surface area contributed by atoms with Crippen LogP contribution in [-0.4, -0.2) is 9.65 Å². The van der Waals surface area contributed by atoms with E-state index in [0.717, 1.165) is 0 Å². The molecule has 0 spiro atoms. The van der Waals surface area contributed by atoms with Crippen molar-refractivity contribution in [3.05, 3.63) is 34.0 Å². The van der Waals surface area contributed by atoms with Gasteiger partial charge in [0.2, 0.25) is 6.33 Å². The lowest BCUT2D eigenvalue weighted by Gasteiger charge is -2.03. The smallest absolute Gasteiger partial charge is 0.243 e. The third-order valence-corrected chi connectivity index (χ3v) is 7.79. The molecule has 1 aromatic heterocycles. The molecule has 0 aromatic carbocycles. The number of unbranched alkanes of at least 4 members (excludes halogenated alkanes) is 24. The van der Waals surface area contributed by atoms with E-state index in [9.17, 15) is 0 Å². The molecular weight excluding hydrogens is 486 g/mol. The first-order valence-electron chi connectivity index (χ1n) is 17.0. The van der Waals surface area contributed by atoms with Gasteiger partial charge in [-0.3, -0.25) is 0 Å². The normalized spacial score (nSPS) is 10.9. The molecule has 0 unspecified atom stereocenters. The summed E-state index contributed by atoms with van der Waals surface area (Å²) in [4.78, 5) is 8.25. The Morgan fingerprint density at radius 1 is 0.538 bits per heavy atom. The zero-order chi connectivity index (χ0) is 28.7. The minimum absolute atomic E-state index is 1.20. The lowest BCUT2D eigenvalue weighted by Crippen LogP contribution is -2.30. The van der Waals surface area contributed by atoms with Crippen molar-refractivity contribution in [1.29, 1.82) is 0 Å². The van der Waals surface area contributed by atoms with Crippen LogP contribution in [0, 0.1) is 15.3 Å². The van der Waals surface area contributed by atoms with Crippen molar-refractivity contribution < 1.29 is 9.65 Å². The topological polar surface area (TPSA) is 75.0 Å². The fourth-order valence-electron chi connectivity index (χ4n) is 5.33. The van der Waals surface area contributed by atoms with Gasteiger partial charge in [-0.2, -0.15) is 0 Å². The molecule has 0 fully saturated rings. The highest BCUT2D eigenvalue weighted by atomic mass is 16.9. The van der Waals surface area contributed by atoms with E-state index in [0.29, 0.717) is 0 Å². The average molecular weight is 552 g/mol. The van der Waals surface area contributed by atoms with Crippen molar-refractivity contribution in [1.82, 2.24) is 4.57 Å². The number of hydrogen-bond donors (Lipinski definition) is 0. The minimum atomic E-state index is -1.75. The first kappa shape index (κ1) is 37.4. The van der Waals surface area contributed by atoms with Crippen LogP contribution in [0.25, 0.3) is 0 Å². The van der Waals surface area contributed by atoms with E-state index in [4.69, 9.17) is 15.3 Å². The van der Waals surface area contributed by atoms with Crippen LogP contribution in [0.1, 0.15) is 181 Å². The third kappa shape index (κ3) is 30.8. The number of hydrogen-bond acceptors (Lipinski definition) is 3. The van der Waals surface area contributed by atoms with Gasteiger partial charge in [0, 0.05) is 0 Å². The predicted octanol–water partition coefficient (Wildman–Crippen LogP) is 10.7. The summed E-state index contributed by atoms with van der Waals surface area (Å²) in [5.41, 5.74) is 0. The van der Waals surface area contributed by atoms with Crippen molar-refractivity contribution in [3.8, 4) is 0 Å². The summed E-state index contributed by atoms with van der Waals surface area (Å²) >= 11 is 0. The zero-order valence-corrected chi connectivity index (χ0v) is 26.1. The van der Waals surface area contributed by atoms with Gasteiger partial charge in [0.25, 0.3) is 0 Å². The molecule has 0 bridgehead atoms. The van der Waals surface area contributed by atoms with Crippen molar-refractivity contribution in [3.63, 3.8) is 0 Å². The van der Waals surface area contributed by atoms with Crippen molar-refractivity contribution in [2.24, 2.45) is 0 Å². The van der Waals surface area contributed by atoms with Gasteiger partial charge in [-0.25, -0.2) is 9.13 Å². The molecule has 1 heterocycles. The van der Waals surface area contributed by atoms with Crippen molar-refractivity contribution in [2.75, 3.05) is 0 Å². The molecule has 0 aliphatic rings. The Kier molecular flexibility index (Phi) is 29.7. The summed E-state index contributed by atoms with van der Waals surface area (Å²) in [6.07, 6.45) is 44.2. The maximum atomic E-state index is 8.25. The Hall–Kier alpha value is -1.59. The molecule has 0 aliphatic carbocycles. The van der Waals surface area contributed by atoms with E-state index in [1.807, 2.05) is 0 Å². The molecule has 39 heavy (non-hydrogen) atoms. The molecule has 1 rings (SSSR count). The highest BCUT2D eigenvalue weighted by Gasteiger charge is 2.03. The fourth-order valence-corrected chi connectivity index (χ4v) is 5.33. The van der Waals surface area contributed by atoms with Gasteiger partial charge in [-0.15, -0.1) is 0 Å². The van der Waals surface area contributed by atoms with Crippen LogP contribution in [-0.2, 0) is 13.1 Å². The number of aromatic nitrogens is 2. The van der Waals surface area contributed by atoms with E-state index in [2.05, 4.69) is 41.7 Å². The van der Waals surface area contributed by atoms with Gasteiger partial charge in [-0.05, 0) is 25.7 Å². The van der Waals surface area contributed by atoms with Crippen LogP contribution in [0.3, 0.4) is 0 Å². The van der Waals surface area contributed by atoms with Crippen LogP contribution in [0.5, 0.6) is 0 Å². The molecule has 0 N–H and O–H groups in total. The second kappa shape index (κ2) is 30.9. The summed E-state index contributed by atoms with van der Waals surface area (Å²) < 4.78 is 4.80. The molecule has 0 aliphatic heterocycles. The molecule has 0 saturated carbocycles. The van der Waals surface area contributed by atoms with Gasteiger partial charge in [0.05, 0.1) is 18.2 Å². The molecule has 0 saturated heterocycles. The Labute approximate surface area is 242 Å². The van der Waals surface area contributed by atoms with E-state index >= 15 is 0 Å². The highest BCUT2D eigenvalue weighted by Crippen LogP contribution is 2.14. The van der Waals surface area contributed by atoms with Gasteiger partial charge in [-0.1, -0.05) is 155 Å². The minimum Gasteiger partial charge on any atom is -0.356 e. The van der Waals surface area contributed by atoms with Crippen LogP contribution in [0.2, 0.25) is 0 Å². The van der Waals surface area contributed by atoms with Crippen LogP contribution >= 0.6 is 0 Å². The van der Waals surface area contributed by atoms with Crippen molar-refractivity contribution in [2.45, 2.75) is 194 Å². The van der Waals surface area contributed by atoms with Gasteiger partial charge in [0.15, 0.2) is 0 Å². The average Bonchev–Trinajstić information content (AvgIpc) is 3.36. The van der Waals surface area contributed by atoms with Crippen molar-refractivity contribution >= 4 is 0 Å². The Bertz CT molecular complexity index is 617. The Morgan fingerprint density at radius 3 is 1.21 bits per heavy atom. The SMILES string of the molecule is CCCCCCCCCCCCCCCCCC[n+]1ccn(CCCCCCCCCCCC)c1.O=[N+]([O-])[O-]. The maximum Gasteiger partial charge on any atom is 0.243 e. The van der Waals surface area contributed by atoms with Crippen LogP contribution < -0.4 is 4.57 Å². The number of imidazole rings is 1. The summed E-state index contributed by atoms with van der Waals surface area (Å²) in [7, 11) is 0. The van der Waals surface area contributed by atoms with E-state index in [1.165, 1.54) is 180 Å². The molecule has 6 heteroatoms. The number of nitrogens with zero attached hydrogens (tertiary/aromatic N) is 3. The second-order valence-electron chi connectivity index (χ2n) is 11.6. The fraction of sp³-hybridized carbons (Fsp3) is 0.909. The summed E-state index contributed by atoms with van der Waals surface area (Å²) in [6, 6.07) is 0. The monoisotopic (exact) mass is 552 g/mol. The molecule has 0 amide bonds. The molecule has 1 aromatic rings. The highest BCUT2D eigenvalue weighted by molar-refractivity contribution is 4.66. The molecule has 6 nitrogen and oxygen atoms in total. The quantitative estimate of drug-likeness (QED) is 0.0450. The van der Waals surface area contributed by atoms with E-state index < -0.39 is 5.09 Å². The Morgan fingerprint density at radius 2 is 0.846 bits per heavy atom. The summed E-state index contributed by atoms with van der Waals surface area (Å²) in [6.45, 7) is 7.00. The van der Waals surface area contributed by atoms with Crippen LogP contribution in [0.15, 0.2) is 18.7 Å². The molecular formula is C33H65N3O3. The standard InChI is InChI=1S/C33H65N2.NO3/c1-3-5-7-9-11-13-15-16-17-18-19-20-22-24-26-28-30-35-32-31-34(33-35)29-27-25-23-21-14-12-10-8-6-4-2;2-1(3)4/h31-33H,3-30H2,1-2H3;/q+1;-1. The van der Waals surface area contributed by atoms with E-state index in [1.54, 1.807) is 0 Å². The number of rotatable bonds is 28. The maximum absolute atomic E-state index is 8.25. The third-order valence-electron chi connectivity index (χ3n) is 7.79. The molecule has 0 atom stereocenters.